The number of nitrogens with one attached hydrogen (secondary N) is 1. The number of imide groups is 1. The normalized spacial score (nSPS) is 18.5. The van der Waals surface area contributed by atoms with Gasteiger partial charge >= 0.3 is 6.09 Å². The van der Waals surface area contributed by atoms with Crippen LogP contribution in [-0.4, -0.2) is 47.2 Å². The number of benzene rings is 4. The van der Waals surface area contributed by atoms with Crippen LogP contribution in [0.1, 0.15) is 45.5 Å². The monoisotopic (exact) mass is 614 g/mol. The molecule has 2 unspecified atom stereocenters. The van der Waals surface area contributed by atoms with Crippen molar-refractivity contribution in [3.63, 3.8) is 0 Å². The minimum absolute atomic E-state index is 0.0837. The number of ether oxygens (including phenoxy) is 1. The lowest BCUT2D eigenvalue weighted by atomic mass is 10.0. The van der Waals surface area contributed by atoms with Crippen molar-refractivity contribution in [1.29, 1.82) is 0 Å². The zero-order valence-corrected chi connectivity index (χ0v) is 24.8. The molecule has 3 aliphatic rings. The number of fused-ring (bicyclic) bond motifs is 3. The van der Waals surface area contributed by atoms with Gasteiger partial charge in [-0.05, 0) is 66.9 Å². The summed E-state index contributed by atoms with van der Waals surface area (Å²) in [6.45, 7) is -0.173. The lowest BCUT2D eigenvalue weighted by molar-refractivity contribution is -0.123. The fraction of sp³-hybridized carbons (Fsp3) is 0.194. The second-order valence-corrected chi connectivity index (χ2v) is 11.5. The Kier molecular flexibility index (Phi) is 7.53. The van der Waals surface area contributed by atoms with Crippen LogP contribution in [-0.2, 0) is 16.1 Å². The second kappa shape index (κ2) is 12.0. The summed E-state index contributed by atoms with van der Waals surface area (Å²) in [5.74, 6) is -1.50. The van der Waals surface area contributed by atoms with Crippen molar-refractivity contribution in [3.05, 3.63) is 120 Å². The van der Waals surface area contributed by atoms with Crippen molar-refractivity contribution >= 4 is 46.8 Å². The van der Waals surface area contributed by atoms with Gasteiger partial charge in [-0.3, -0.25) is 29.4 Å². The van der Waals surface area contributed by atoms with Gasteiger partial charge in [0.15, 0.2) is 0 Å². The first-order valence-electron chi connectivity index (χ1n) is 15.2. The van der Waals surface area contributed by atoms with Gasteiger partial charge in [-0.15, -0.1) is 0 Å². The van der Waals surface area contributed by atoms with Gasteiger partial charge in [0.05, 0.1) is 35.0 Å². The molecular formula is C36H30N4O6. The number of nitrogens with zero attached hydrogens (tertiary/aromatic N) is 3. The summed E-state index contributed by atoms with van der Waals surface area (Å²) in [6.07, 6.45) is 1.41. The first-order valence-corrected chi connectivity index (χ1v) is 15.2. The van der Waals surface area contributed by atoms with E-state index in [9.17, 15) is 24.0 Å². The van der Waals surface area contributed by atoms with Crippen LogP contribution in [0.15, 0.2) is 103 Å². The number of carbonyl (C=O) groups excluding carboxylic acids is 5. The third-order valence-corrected chi connectivity index (χ3v) is 8.76. The molecule has 5 amide bonds. The van der Waals surface area contributed by atoms with Crippen LogP contribution >= 0.6 is 0 Å². The Morgan fingerprint density at radius 3 is 2.04 bits per heavy atom. The molecule has 10 heteroatoms. The lowest BCUT2D eigenvalue weighted by Gasteiger charge is -2.31. The number of hydrogen-bond donors (Lipinski definition) is 1. The van der Waals surface area contributed by atoms with Crippen LogP contribution in [0, 0.1) is 5.92 Å². The smallest absolute Gasteiger partial charge is 0.410 e. The van der Waals surface area contributed by atoms with Crippen LogP contribution < -0.4 is 19.9 Å². The van der Waals surface area contributed by atoms with Gasteiger partial charge in [0.2, 0.25) is 11.8 Å². The molecule has 0 bridgehead atoms. The molecule has 1 N–H and O–H groups in total. The van der Waals surface area contributed by atoms with Gasteiger partial charge < -0.3 is 14.5 Å². The first-order chi connectivity index (χ1) is 22.4. The van der Waals surface area contributed by atoms with Crippen LogP contribution in [0.3, 0.4) is 0 Å². The molecule has 46 heavy (non-hydrogen) atoms. The van der Waals surface area contributed by atoms with Gasteiger partial charge in [-0.25, -0.2) is 4.79 Å². The number of carbonyl (C=O) groups is 5. The maximum absolute atomic E-state index is 14.1. The summed E-state index contributed by atoms with van der Waals surface area (Å²) in [5, 5.41) is 2.71. The van der Waals surface area contributed by atoms with E-state index in [2.05, 4.69) is 5.32 Å². The van der Waals surface area contributed by atoms with Crippen LogP contribution in [0.25, 0.3) is 0 Å². The highest BCUT2D eigenvalue weighted by atomic mass is 16.6. The van der Waals surface area contributed by atoms with E-state index in [1.807, 2.05) is 42.5 Å². The fourth-order valence-electron chi connectivity index (χ4n) is 6.62. The molecule has 0 aromatic heterocycles. The Morgan fingerprint density at radius 1 is 0.717 bits per heavy atom. The van der Waals surface area contributed by atoms with Crippen molar-refractivity contribution in [1.82, 2.24) is 4.90 Å². The van der Waals surface area contributed by atoms with Gasteiger partial charge in [0, 0.05) is 11.7 Å². The van der Waals surface area contributed by atoms with E-state index in [-0.39, 0.29) is 23.6 Å². The average Bonchev–Trinajstić information content (AvgIpc) is 3.62. The summed E-state index contributed by atoms with van der Waals surface area (Å²) < 4.78 is 5.30. The number of para-hydroxylation sites is 3. The molecule has 2 heterocycles. The van der Waals surface area contributed by atoms with Gasteiger partial charge in [0.25, 0.3) is 11.8 Å². The highest BCUT2D eigenvalue weighted by molar-refractivity contribution is 6.23. The molecule has 1 saturated carbocycles. The zero-order chi connectivity index (χ0) is 31.8. The molecule has 2 aliphatic heterocycles. The lowest BCUT2D eigenvalue weighted by Crippen LogP contribution is -2.49. The fourth-order valence-corrected chi connectivity index (χ4v) is 6.62. The SMILES string of the molecule is O=C(Nc1ccc(CN2C(=O)C3CCCC3N(C(=O)CN3C(=O)c4ccccc4C3=O)c3ccccc32)cc1)Oc1ccccc1. The van der Waals surface area contributed by atoms with Crippen molar-refractivity contribution in [2.45, 2.75) is 31.8 Å². The number of hydrogen-bond acceptors (Lipinski definition) is 6. The van der Waals surface area contributed by atoms with Crippen molar-refractivity contribution in [2.24, 2.45) is 5.92 Å². The van der Waals surface area contributed by atoms with E-state index in [1.54, 1.807) is 70.5 Å². The van der Waals surface area contributed by atoms with E-state index in [4.69, 9.17) is 4.74 Å². The van der Waals surface area contributed by atoms with Crippen molar-refractivity contribution < 1.29 is 28.7 Å². The summed E-state index contributed by atoms with van der Waals surface area (Å²) >= 11 is 0. The molecule has 7 rings (SSSR count). The topological polar surface area (TPSA) is 116 Å². The van der Waals surface area contributed by atoms with Gasteiger partial charge in [-0.1, -0.05) is 61.0 Å². The van der Waals surface area contributed by atoms with Gasteiger partial charge in [-0.2, -0.15) is 0 Å². The molecule has 0 radical (unpaired) electrons. The molecule has 230 valence electrons. The Hall–Kier alpha value is -5.77. The van der Waals surface area contributed by atoms with E-state index >= 15 is 0 Å². The highest BCUT2D eigenvalue weighted by Crippen LogP contribution is 2.43. The minimum atomic E-state index is -0.617. The standard InChI is InChI=1S/C36H30N4O6/c41-32(22-39-33(42)26-11-4-5-12-27(26)34(39)43)40-29-16-8-13-28(29)35(44)38(30-14-6-7-15-31(30)40)21-23-17-19-24(20-18-23)37-36(45)46-25-9-2-1-3-10-25/h1-7,9-12,14-15,17-20,28-29H,8,13,16,21-22H2,(H,37,45). The largest absolute Gasteiger partial charge is 0.417 e. The zero-order valence-electron chi connectivity index (χ0n) is 24.8. The first kappa shape index (κ1) is 29.0. The Balaban J connectivity index is 1.13. The Labute approximate surface area is 265 Å². The number of anilines is 3. The number of rotatable bonds is 6. The molecule has 4 aromatic rings. The second-order valence-electron chi connectivity index (χ2n) is 11.5. The van der Waals surface area contributed by atoms with E-state index in [0.29, 0.717) is 35.7 Å². The van der Waals surface area contributed by atoms with Crippen molar-refractivity contribution in [2.75, 3.05) is 21.7 Å². The molecule has 0 spiro atoms. The molecule has 1 fully saturated rings. The predicted molar refractivity (Wildman–Crippen MR) is 171 cm³/mol. The molecule has 4 aromatic carbocycles. The van der Waals surface area contributed by atoms with E-state index in [1.165, 1.54) is 0 Å². The minimum Gasteiger partial charge on any atom is -0.410 e. The summed E-state index contributed by atoms with van der Waals surface area (Å²) in [5.41, 5.74) is 3.07. The molecular weight excluding hydrogens is 584 g/mol. The molecule has 0 saturated heterocycles. The van der Waals surface area contributed by atoms with E-state index in [0.717, 1.165) is 16.9 Å². The van der Waals surface area contributed by atoms with Gasteiger partial charge in [0.1, 0.15) is 12.3 Å². The number of amides is 5. The molecule has 1 aliphatic carbocycles. The third-order valence-electron chi connectivity index (χ3n) is 8.76. The summed E-state index contributed by atoms with van der Waals surface area (Å²) in [6, 6.07) is 29.3. The van der Waals surface area contributed by atoms with Crippen molar-refractivity contribution in [3.8, 4) is 5.75 Å². The maximum atomic E-state index is 14.1. The maximum Gasteiger partial charge on any atom is 0.417 e. The third kappa shape index (κ3) is 5.27. The predicted octanol–water partition coefficient (Wildman–Crippen LogP) is 5.64. The molecule has 2 atom stereocenters. The average molecular weight is 615 g/mol. The van der Waals surface area contributed by atoms with Crippen LogP contribution in [0.5, 0.6) is 5.75 Å². The Morgan fingerprint density at radius 2 is 1.35 bits per heavy atom. The summed E-state index contributed by atoms with van der Waals surface area (Å²) in [4.78, 5) is 71.1. The van der Waals surface area contributed by atoms with E-state index < -0.39 is 42.3 Å². The highest BCUT2D eigenvalue weighted by Gasteiger charge is 2.47. The van der Waals surface area contributed by atoms with Crippen LogP contribution in [0.4, 0.5) is 21.9 Å². The summed E-state index contributed by atoms with van der Waals surface area (Å²) in [7, 11) is 0. The molecule has 10 nitrogen and oxygen atoms in total. The quantitative estimate of drug-likeness (QED) is 0.281. The van der Waals surface area contributed by atoms with Crippen LogP contribution in [0.2, 0.25) is 0 Å². The Bertz CT molecular complexity index is 1820.